The number of rotatable bonds is 7. The average molecular weight is 369 g/mol. The monoisotopic (exact) mass is 369 g/mol. The van der Waals surface area contributed by atoms with Crippen molar-refractivity contribution in [2.75, 3.05) is 38.2 Å². The minimum absolute atomic E-state index is 0.123. The van der Waals surface area contributed by atoms with Crippen LogP contribution in [0.25, 0.3) is 0 Å². The third-order valence-corrected chi connectivity index (χ3v) is 5.69. The van der Waals surface area contributed by atoms with Crippen LogP contribution < -0.4 is 10.0 Å². The van der Waals surface area contributed by atoms with Crippen LogP contribution in [0, 0.1) is 5.92 Å². The molecular formula is C17H27N3O4S. The Bertz CT molecular complexity index is 668. The number of ether oxygens (including phenoxy) is 1. The summed E-state index contributed by atoms with van der Waals surface area (Å²) in [7, 11) is -3.59. The van der Waals surface area contributed by atoms with Crippen molar-refractivity contribution >= 4 is 21.6 Å². The molecule has 0 aromatic heterocycles. The van der Waals surface area contributed by atoms with Gasteiger partial charge in [-0.3, -0.25) is 9.69 Å². The summed E-state index contributed by atoms with van der Waals surface area (Å²) in [5, 5.41) is 2.62. The zero-order chi connectivity index (χ0) is 18.4. The first-order valence-electron chi connectivity index (χ1n) is 8.48. The summed E-state index contributed by atoms with van der Waals surface area (Å²) in [5.74, 6) is 0.127. The predicted molar refractivity (Wildman–Crippen MR) is 97.0 cm³/mol. The van der Waals surface area contributed by atoms with Crippen molar-refractivity contribution in [1.29, 1.82) is 0 Å². The third-order valence-electron chi connectivity index (χ3n) is 4.25. The standard InChI is InChI=1S/C17H27N3O4S/c1-13(2)17(20-8-10-24-11-9-20)12-18-25(22,23)16-6-4-15(5-7-16)19-14(3)21/h4-7,13,17-18H,8-12H2,1-3H3,(H,19,21)/t17-/m1/s1. The molecule has 1 fully saturated rings. The van der Waals surface area contributed by atoms with Gasteiger partial charge in [-0.1, -0.05) is 13.8 Å². The van der Waals surface area contributed by atoms with E-state index in [4.69, 9.17) is 4.74 Å². The molecule has 7 nitrogen and oxygen atoms in total. The first-order chi connectivity index (χ1) is 11.8. The minimum Gasteiger partial charge on any atom is -0.379 e. The second-order valence-corrected chi connectivity index (χ2v) is 8.28. The number of nitrogens with one attached hydrogen (secondary N) is 2. The number of morpholine rings is 1. The number of hydrogen-bond acceptors (Lipinski definition) is 5. The van der Waals surface area contributed by atoms with Gasteiger partial charge >= 0.3 is 0 Å². The van der Waals surface area contributed by atoms with E-state index in [2.05, 4.69) is 28.8 Å². The molecule has 0 bridgehead atoms. The predicted octanol–water partition coefficient (Wildman–Crippen LogP) is 1.28. The summed E-state index contributed by atoms with van der Waals surface area (Å²) in [6.45, 7) is 8.94. The number of benzene rings is 1. The Morgan fingerprint density at radius 3 is 2.32 bits per heavy atom. The maximum atomic E-state index is 12.5. The highest BCUT2D eigenvalue weighted by molar-refractivity contribution is 7.89. The molecule has 2 rings (SSSR count). The van der Waals surface area contributed by atoms with Crippen molar-refractivity contribution in [3.05, 3.63) is 24.3 Å². The molecule has 1 amide bonds. The Morgan fingerprint density at radius 2 is 1.80 bits per heavy atom. The molecule has 0 radical (unpaired) electrons. The van der Waals surface area contributed by atoms with Gasteiger partial charge in [0, 0.05) is 38.3 Å². The normalized spacial score (nSPS) is 17.4. The van der Waals surface area contributed by atoms with Crippen LogP contribution in [0.4, 0.5) is 5.69 Å². The average Bonchev–Trinajstić information content (AvgIpc) is 2.55. The van der Waals surface area contributed by atoms with E-state index in [0.29, 0.717) is 31.4 Å². The minimum atomic E-state index is -3.59. The summed E-state index contributed by atoms with van der Waals surface area (Å²) in [6, 6.07) is 6.27. The van der Waals surface area contributed by atoms with Gasteiger partial charge in [0.05, 0.1) is 18.1 Å². The summed E-state index contributed by atoms with van der Waals surface area (Å²) in [6.07, 6.45) is 0. The van der Waals surface area contributed by atoms with E-state index >= 15 is 0 Å². The van der Waals surface area contributed by atoms with Crippen molar-refractivity contribution in [1.82, 2.24) is 9.62 Å². The van der Waals surface area contributed by atoms with E-state index in [9.17, 15) is 13.2 Å². The van der Waals surface area contributed by atoms with Crippen molar-refractivity contribution in [2.24, 2.45) is 5.92 Å². The molecule has 1 heterocycles. The number of sulfonamides is 1. The molecule has 140 valence electrons. The van der Waals surface area contributed by atoms with Crippen molar-refractivity contribution in [2.45, 2.75) is 31.7 Å². The molecule has 1 aromatic rings. The molecule has 0 aliphatic carbocycles. The number of anilines is 1. The Hall–Kier alpha value is -1.48. The van der Waals surface area contributed by atoms with E-state index in [0.717, 1.165) is 13.1 Å². The number of hydrogen-bond donors (Lipinski definition) is 2. The fraction of sp³-hybridized carbons (Fsp3) is 0.588. The van der Waals surface area contributed by atoms with Gasteiger partial charge in [0.1, 0.15) is 0 Å². The molecule has 1 aromatic carbocycles. The molecule has 0 unspecified atom stereocenters. The quantitative estimate of drug-likeness (QED) is 0.756. The zero-order valence-electron chi connectivity index (χ0n) is 15.0. The van der Waals surface area contributed by atoms with Crippen LogP contribution in [0.3, 0.4) is 0 Å². The van der Waals surface area contributed by atoms with Crippen LogP contribution in [0.15, 0.2) is 29.2 Å². The molecule has 8 heteroatoms. The highest BCUT2D eigenvalue weighted by Gasteiger charge is 2.25. The molecule has 0 saturated carbocycles. The Morgan fingerprint density at radius 1 is 1.20 bits per heavy atom. The molecule has 1 saturated heterocycles. The number of amides is 1. The largest absolute Gasteiger partial charge is 0.379 e. The maximum absolute atomic E-state index is 12.5. The van der Waals surface area contributed by atoms with Crippen LogP contribution in [0.2, 0.25) is 0 Å². The third kappa shape index (κ3) is 5.78. The fourth-order valence-corrected chi connectivity index (χ4v) is 3.95. The molecular weight excluding hydrogens is 342 g/mol. The van der Waals surface area contributed by atoms with Gasteiger partial charge in [0.15, 0.2) is 0 Å². The maximum Gasteiger partial charge on any atom is 0.240 e. The molecule has 2 N–H and O–H groups in total. The molecule has 1 atom stereocenters. The van der Waals surface area contributed by atoms with Gasteiger partial charge in [0.2, 0.25) is 15.9 Å². The van der Waals surface area contributed by atoms with E-state index in [-0.39, 0.29) is 16.8 Å². The lowest BCUT2D eigenvalue weighted by molar-refractivity contribution is -0.114. The van der Waals surface area contributed by atoms with Gasteiger partial charge < -0.3 is 10.1 Å². The van der Waals surface area contributed by atoms with Gasteiger partial charge in [-0.25, -0.2) is 13.1 Å². The van der Waals surface area contributed by atoms with Gasteiger partial charge in [0.25, 0.3) is 0 Å². The van der Waals surface area contributed by atoms with Crippen LogP contribution in [0.5, 0.6) is 0 Å². The fourth-order valence-electron chi connectivity index (χ4n) is 2.89. The van der Waals surface area contributed by atoms with E-state index in [1.807, 2.05) is 0 Å². The smallest absolute Gasteiger partial charge is 0.240 e. The number of carbonyl (C=O) groups excluding carboxylic acids is 1. The summed E-state index contributed by atoms with van der Waals surface area (Å²) >= 11 is 0. The zero-order valence-corrected chi connectivity index (χ0v) is 15.8. The first-order valence-corrected chi connectivity index (χ1v) is 9.97. The summed E-state index contributed by atoms with van der Waals surface area (Å²) < 4.78 is 33.2. The highest BCUT2D eigenvalue weighted by Crippen LogP contribution is 2.16. The van der Waals surface area contributed by atoms with Crippen molar-refractivity contribution in [3.63, 3.8) is 0 Å². The lowest BCUT2D eigenvalue weighted by Crippen LogP contribution is -2.51. The highest BCUT2D eigenvalue weighted by atomic mass is 32.2. The van der Waals surface area contributed by atoms with Gasteiger partial charge in [-0.2, -0.15) is 0 Å². The first kappa shape index (κ1) is 19.8. The van der Waals surface area contributed by atoms with Crippen molar-refractivity contribution < 1.29 is 17.9 Å². The van der Waals surface area contributed by atoms with E-state index < -0.39 is 10.0 Å². The van der Waals surface area contributed by atoms with Crippen LogP contribution >= 0.6 is 0 Å². The van der Waals surface area contributed by atoms with Gasteiger partial charge in [-0.15, -0.1) is 0 Å². The Kier molecular flexibility index (Phi) is 6.95. The van der Waals surface area contributed by atoms with Crippen LogP contribution in [-0.4, -0.2) is 58.1 Å². The SMILES string of the molecule is CC(=O)Nc1ccc(S(=O)(=O)NC[C@H](C(C)C)N2CCOCC2)cc1. The van der Waals surface area contributed by atoms with Crippen LogP contribution in [0.1, 0.15) is 20.8 Å². The van der Waals surface area contributed by atoms with E-state index in [1.165, 1.54) is 19.1 Å². The van der Waals surface area contributed by atoms with Gasteiger partial charge in [-0.05, 0) is 30.2 Å². The lowest BCUT2D eigenvalue weighted by atomic mass is 10.0. The molecule has 25 heavy (non-hydrogen) atoms. The van der Waals surface area contributed by atoms with Crippen LogP contribution in [-0.2, 0) is 19.6 Å². The Labute approximate surface area is 149 Å². The topological polar surface area (TPSA) is 87.7 Å². The van der Waals surface area contributed by atoms with Crippen molar-refractivity contribution in [3.8, 4) is 0 Å². The molecule has 1 aliphatic heterocycles. The molecule has 1 aliphatic rings. The summed E-state index contributed by atoms with van der Waals surface area (Å²) in [4.78, 5) is 13.5. The second-order valence-electron chi connectivity index (χ2n) is 6.52. The lowest BCUT2D eigenvalue weighted by Gasteiger charge is -2.36. The second kappa shape index (κ2) is 8.75. The summed E-state index contributed by atoms with van der Waals surface area (Å²) in [5.41, 5.74) is 0.569. The van der Waals surface area contributed by atoms with E-state index in [1.54, 1.807) is 12.1 Å². The molecule has 0 spiro atoms. The number of nitrogens with zero attached hydrogens (tertiary/aromatic N) is 1. The number of carbonyl (C=O) groups is 1. The Balaban J connectivity index is 2.02.